The summed E-state index contributed by atoms with van der Waals surface area (Å²) in [4.78, 5) is 0. The maximum Gasteiger partial charge on any atom is 0.0431 e. The highest BCUT2D eigenvalue weighted by atomic mass is 16.2. The monoisotopic (exact) mass is 497 g/mol. The molecule has 0 saturated heterocycles. The van der Waals surface area contributed by atoms with E-state index < -0.39 is 0 Å². The molecule has 0 radical (unpaired) electrons. The predicted molar refractivity (Wildman–Crippen MR) is 163 cm³/mol. The molecule has 0 aromatic carbocycles. The molecule has 0 rings (SSSR count). The van der Waals surface area contributed by atoms with Crippen molar-refractivity contribution in [1.82, 2.24) is 0 Å². The van der Waals surface area contributed by atoms with Crippen LogP contribution in [-0.4, -0.2) is 11.7 Å². The molecular weight excluding hydrogens is 424 g/mol. The number of aliphatic hydroxyl groups excluding tert-OH is 1. The van der Waals surface area contributed by atoms with Gasteiger partial charge in [0, 0.05) is 6.61 Å². The van der Waals surface area contributed by atoms with Gasteiger partial charge >= 0.3 is 0 Å². The van der Waals surface area contributed by atoms with E-state index >= 15 is 0 Å². The Morgan fingerprint density at radius 2 is 0.371 bits per heavy atom. The molecule has 0 atom stereocenters. The summed E-state index contributed by atoms with van der Waals surface area (Å²) in [5, 5.41) is 8.67. The van der Waals surface area contributed by atoms with E-state index in [-0.39, 0.29) is 0 Å². The van der Waals surface area contributed by atoms with Crippen molar-refractivity contribution in [3.63, 3.8) is 0 Å². The SMILES string of the molecule is CCCCCCCCCCCCCCCC.CCCCCCCCCCCCCCCCCCO. The Morgan fingerprint density at radius 3 is 0.514 bits per heavy atom. The Kier molecular flexibility index (Phi) is 40.8. The van der Waals surface area contributed by atoms with Gasteiger partial charge in [-0.05, 0) is 6.42 Å². The fourth-order valence-electron chi connectivity index (χ4n) is 4.93. The van der Waals surface area contributed by atoms with Crippen LogP contribution in [0.1, 0.15) is 213 Å². The van der Waals surface area contributed by atoms with Crippen molar-refractivity contribution in [1.29, 1.82) is 0 Å². The van der Waals surface area contributed by atoms with Crippen LogP contribution in [0.25, 0.3) is 0 Å². The quantitative estimate of drug-likeness (QED) is 0.102. The van der Waals surface area contributed by atoms with Crippen molar-refractivity contribution in [2.45, 2.75) is 213 Å². The Hall–Kier alpha value is -0.0400. The smallest absolute Gasteiger partial charge is 0.0431 e. The summed E-state index contributed by atoms with van der Waals surface area (Å²) in [6.45, 7) is 7.24. The van der Waals surface area contributed by atoms with E-state index in [0.29, 0.717) is 6.61 Å². The summed E-state index contributed by atoms with van der Waals surface area (Å²) >= 11 is 0. The lowest BCUT2D eigenvalue weighted by Crippen LogP contribution is -1.85. The van der Waals surface area contributed by atoms with Gasteiger partial charge in [0.2, 0.25) is 0 Å². The number of rotatable bonds is 29. The molecule has 0 bridgehead atoms. The Morgan fingerprint density at radius 1 is 0.229 bits per heavy atom. The van der Waals surface area contributed by atoms with E-state index in [1.807, 2.05) is 0 Å². The van der Waals surface area contributed by atoms with Gasteiger partial charge in [0.05, 0.1) is 0 Å². The van der Waals surface area contributed by atoms with Crippen molar-refractivity contribution in [2.75, 3.05) is 6.61 Å². The van der Waals surface area contributed by atoms with Gasteiger partial charge in [-0.3, -0.25) is 0 Å². The average molecular weight is 497 g/mol. The van der Waals surface area contributed by atoms with E-state index in [4.69, 9.17) is 5.11 Å². The van der Waals surface area contributed by atoms with Crippen LogP contribution in [-0.2, 0) is 0 Å². The zero-order valence-electron chi connectivity index (χ0n) is 25.4. The van der Waals surface area contributed by atoms with Gasteiger partial charge in [-0.25, -0.2) is 0 Å². The molecule has 0 spiro atoms. The first-order valence-electron chi connectivity index (χ1n) is 16.9. The van der Waals surface area contributed by atoms with Crippen LogP contribution in [0, 0.1) is 0 Å². The second-order valence-electron chi connectivity index (χ2n) is 11.3. The molecular formula is C34H72O. The van der Waals surface area contributed by atoms with Crippen molar-refractivity contribution < 1.29 is 5.11 Å². The summed E-state index contributed by atoms with van der Waals surface area (Å²) in [7, 11) is 0. The highest BCUT2D eigenvalue weighted by Crippen LogP contribution is 2.14. The van der Waals surface area contributed by atoms with Gasteiger partial charge < -0.3 is 5.11 Å². The first-order chi connectivity index (χ1) is 17.3. The van der Waals surface area contributed by atoms with Crippen molar-refractivity contribution >= 4 is 0 Å². The Bertz CT molecular complexity index is 284. The van der Waals surface area contributed by atoms with Gasteiger partial charge in [-0.2, -0.15) is 0 Å². The third kappa shape index (κ3) is 41.4. The largest absolute Gasteiger partial charge is 0.396 e. The minimum Gasteiger partial charge on any atom is -0.396 e. The lowest BCUT2D eigenvalue weighted by Gasteiger charge is -2.03. The van der Waals surface area contributed by atoms with Crippen molar-refractivity contribution in [2.24, 2.45) is 0 Å². The number of unbranched alkanes of at least 4 members (excludes halogenated alkanes) is 28. The molecule has 0 fully saturated rings. The first kappa shape index (κ1) is 37.1. The van der Waals surface area contributed by atoms with E-state index in [1.54, 1.807) is 0 Å². The molecule has 0 unspecified atom stereocenters. The summed E-state index contributed by atoms with van der Waals surface area (Å²) in [5.41, 5.74) is 0. The van der Waals surface area contributed by atoms with Crippen LogP contribution in [0.2, 0.25) is 0 Å². The minimum absolute atomic E-state index is 0.373. The van der Waals surface area contributed by atoms with Crippen LogP contribution in [0.3, 0.4) is 0 Å². The molecule has 214 valence electrons. The third-order valence-corrected chi connectivity index (χ3v) is 7.47. The van der Waals surface area contributed by atoms with Crippen LogP contribution in [0.4, 0.5) is 0 Å². The normalized spacial score (nSPS) is 11.0. The molecule has 0 amide bonds. The molecule has 0 aromatic heterocycles. The number of hydrogen-bond acceptors (Lipinski definition) is 1. The zero-order chi connectivity index (χ0) is 25.9. The Labute approximate surface area is 225 Å². The molecule has 0 aromatic rings. The molecule has 35 heavy (non-hydrogen) atoms. The molecule has 0 aliphatic rings. The summed E-state index contributed by atoms with van der Waals surface area (Å²) in [6.07, 6.45) is 42.6. The summed E-state index contributed by atoms with van der Waals surface area (Å²) in [5.74, 6) is 0. The van der Waals surface area contributed by atoms with Crippen LogP contribution in [0.5, 0.6) is 0 Å². The fourth-order valence-corrected chi connectivity index (χ4v) is 4.93. The summed E-state index contributed by atoms with van der Waals surface area (Å²) in [6, 6.07) is 0. The zero-order valence-corrected chi connectivity index (χ0v) is 25.4. The molecule has 1 N–H and O–H groups in total. The van der Waals surface area contributed by atoms with E-state index in [9.17, 15) is 0 Å². The van der Waals surface area contributed by atoms with Crippen LogP contribution >= 0.6 is 0 Å². The van der Waals surface area contributed by atoms with Gasteiger partial charge in [-0.15, -0.1) is 0 Å². The van der Waals surface area contributed by atoms with Gasteiger partial charge in [0.25, 0.3) is 0 Å². The highest BCUT2D eigenvalue weighted by Gasteiger charge is 1.95. The topological polar surface area (TPSA) is 20.2 Å². The van der Waals surface area contributed by atoms with E-state index in [0.717, 1.165) is 6.42 Å². The average Bonchev–Trinajstić information content (AvgIpc) is 2.87. The minimum atomic E-state index is 0.373. The molecule has 1 heteroatoms. The second-order valence-corrected chi connectivity index (χ2v) is 11.3. The summed E-state index contributed by atoms with van der Waals surface area (Å²) < 4.78 is 0. The number of aliphatic hydroxyl groups is 1. The third-order valence-electron chi connectivity index (χ3n) is 7.47. The first-order valence-corrected chi connectivity index (χ1v) is 16.9. The molecule has 0 heterocycles. The van der Waals surface area contributed by atoms with Gasteiger partial charge in [0.1, 0.15) is 0 Å². The lowest BCUT2D eigenvalue weighted by molar-refractivity contribution is 0.282. The van der Waals surface area contributed by atoms with Gasteiger partial charge in [-0.1, -0.05) is 207 Å². The van der Waals surface area contributed by atoms with Crippen molar-refractivity contribution in [3.05, 3.63) is 0 Å². The van der Waals surface area contributed by atoms with Gasteiger partial charge in [0.15, 0.2) is 0 Å². The molecule has 0 aliphatic carbocycles. The Balaban J connectivity index is 0. The fraction of sp³-hybridized carbons (Fsp3) is 1.00. The van der Waals surface area contributed by atoms with E-state index in [2.05, 4.69) is 20.8 Å². The van der Waals surface area contributed by atoms with Crippen LogP contribution in [0.15, 0.2) is 0 Å². The highest BCUT2D eigenvalue weighted by molar-refractivity contribution is 4.50. The molecule has 1 nitrogen and oxygen atoms in total. The maximum absolute atomic E-state index is 8.67. The second kappa shape index (κ2) is 38.5. The van der Waals surface area contributed by atoms with Crippen molar-refractivity contribution in [3.8, 4) is 0 Å². The number of hydrogen-bond donors (Lipinski definition) is 1. The predicted octanol–water partition coefficient (Wildman–Crippen LogP) is 12.7. The molecule has 0 aliphatic heterocycles. The lowest BCUT2D eigenvalue weighted by atomic mass is 10.0. The maximum atomic E-state index is 8.67. The molecule has 0 saturated carbocycles. The standard InChI is InChI=1S/C18H38O.C16H34/c1-2-3-4-5-6-7-8-9-10-11-12-13-14-15-16-17-18-19;1-3-5-7-9-11-13-15-16-14-12-10-8-6-4-2/h19H,2-18H2,1H3;3-16H2,1-2H3. The van der Waals surface area contributed by atoms with Crippen LogP contribution < -0.4 is 0 Å². The van der Waals surface area contributed by atoms with E-state index in [1.165, 1.54) is 186 Å².